The van der Waals surface area contributed by atoms with Crippen LogP contribution in [-0.2, 0) is 23.8 Å². The molecular formula is C13H17FN4O3S. The monoisotopic (exact) mass is 328 g/mol. The van der Waals surface area contributed by atoms with Crippen molar-refractivity contribution in [1.82, 2.24) is 14.8 Å². The zero-order valence-electron chi connectivity index (χ0n) is 12.3. The topological polar surface area (TPSA) is 77.3 Å². The number of nitrogens with zero attached hydrogens (tertiary/aromatic N) is 4. The molecule has 2 rings (SSSR count). The van der Waals surface area contributed by atoms with E-state index in [1.54, 1.807) is 41.2 Å². The summed E-state index contributed by atoms with van der Waals surface area (Å²) < 4.78 is 41.0. The molecule has 0 aliphatic rings. The van der Waals surface area contributed by atoms with Gasteiger partial charge in [-0.25, -0.2) is 4.98 Å². The summed E-state index contributed by atoms with van der Waals surface area (Å²) in [7, 11) is -1.24. The SMILES string of the molecule is COc1ccc(N(CCS(=O)(=O)F)Cc2cnn(C)c2)cn1. The van der Waals surface area contributed by atoms with Crippen LogP contribution in [0.3, 0.4) is 0 Å². The summed E-state index contributed by atoms with van der Waals surface area (Å²) in [6.45, 7) is 0.416. The molecule has 7 nitrogen and oxygen atoms in total. The number of halogens is 1. The van der Waals surface area contributed by atoms with Crippen molar-refractivity contribution >= 4 is 15.9 Å². The molecule has 9 heteroatoms. The first kappa shape index (κ1) is 16.2. The standard InChI is InChI=1S/C13H17FN4O3S/c1-17-9-11(7-16-17)10-18(5-6-22(14,19)20)12-3-4-13(21-2)15-8-12/h3-4,7-9H,5-6,10H2,1-2H3. The van der Waals surface area contributed by atoms with E-state index >= 15 is 0 Å². The van der Waals surface area contributed by atoms with Gasteiger partial charge in [-0.3, -0.25) is 4.68 Å². The number of hydrogen-bond donors (Lipinski definition) is 0. The summed E-state index contributed by atoms with van der Waals surface area (Å²) in [6.07, 6.45) is 5.04. The number of pyridine rings is 1. The fourth-order valence-corrected chi connectivity index (χ4v) is 2.41. The van der Waals surface area contributed by atoms with E-state index in [4.69, 9.17) is 4.74 Å². The van der Waals surface area contributed by atoms with Crippen molar-refractivity contribution in [3.05, 3.63) is 36.3 Å². The number of rotatable bonds is 7. The highest BCUT2D eigenvalue weighted by Gasteiger charge is 2.14. The van der Waals surface area contributed by atoms with Crippen LogP contribution in [0.1, 0.15) is 5.56 Å². The number of anilines is 1. The summed E-state index contributed by atoms with van der Waals surface area (Å²) in [4.78, 5) is 5.80. The van der Waals surface area contributed by atoms with Crippen molar-refractivity contribution in [2.24, 2.45) is 7.05 Å². The molecule has 0 aromatic carbocycles. The smallest absolute Gasteiger partial charge is 0.304 e. The minimum atomic E-state index is -4.53. The van der Waals surface area contributed by atoms with Crippen molar-refractivity contribution in [2.45, 2.75) is 6.54 Å². The van der Waals surface area contributed by atoms with E-state index in [1.807, 2.05) is 6.20 Å². The molecule has 2 aromatic rings. The van der Waals surface area contributed by atoms with Crippen LogP contribution >= 0.6 is 0 Å². The highest BCUT2D eigenvalue weighted by molar-refractivity contribution is 7.86. The molecule has 22 heavy (non-hydrogen) atoms. The Hall–Kier alpha value is -2.16. The van der Waals surface area contributed by atoms with Gasteiger partial charge in [0, 0.05) is 38.0 Å². The Morgan fingerprint density at radius 1 is 1.36 bits per heavy atom. The molecule has 120 valence electrons. The molecule has 0 bridgehead atoms. The number of aryl methyl sites for hydroxylation is 1. The summed E-state index contributed by atoms with van der Waals surface area (Å²) in [5.74, 6) is -0.137. The lowest BCUT2D eigenvalue weighted by Gasteiger charge is -2.23. The Balaban J connectivity index is 2.19. The third-order valence-electron chi connectivity index (χ3n) is 3.03. The minimum absolute atomic E-state index is 0.0156. The van der Waals surface area contributed by atoms with Gasteiger partial charge in [0.25, 0.3) is 0 Å². The van der Waals surface area contributed by atoms with Crippen LogP contribution in [0.5, 0.6) is 5.88 Å². The lowest BCUT2D eigenvalue weighted by atomic mass is 10.3. The van der Waals surface area contributed by atoms with E-state index in [0.717, 1.165) is 5.56 Å². The molecule has 2 aromatic heterocycles. The molecule has 0 saturated heterocycles. The van der Waals surface area contributed by atoms with Crippen LogP contribution in [0.2, 0.25) is 0 Å². The Morgan fingerprint density at radius 3 is 2.64 bits per heavy atom. The summed E-state index contributed by atoms with van der Waals surface area (Å²) >= 11 is 0. The molecule has 0 saturated carbocycles. The highest BCUT2D eigenvalue weighted by Crippen LogP contribution is 2.19. The van der Waals surface area contributed by atoms with Gasteiger partial charge in [-0.05, 0) is 6.07 Å². The summed E-state index contributed by atoms with van der Waals surface area (Å²) in [6, 6.07) is 3.41. The van der Waals surface area contributed by atoms with Gasteiger partial charge in [0.15, 0.2) is 0 Å². The van der Waals surface area contributed by atoms with Crippen LogP contribution in [0, 0.1) is 0 Å². The Labute approximate surface area is 128 Å². The zero-order valence-corrected chi connectivity index (χ0v) is 13.1. The van der Waals surface area contributed by atoms with Crippen LogP contribution in [0.25, 0.3) is 0 Å². The third kappa shape index (κ3) is 4.69. The lowest BCUT2D eigenvalue weighted by Crippen LogP contribution is -2.28. The van der Waals surface area contributed by atoms with E-state index in [0.29, 0.717) is 18.1 Å². The molecule has 0 atom stereocenters. The van der Waals surface area contributed by atoms with Crippen molar-refractivity contribution in [3.8, 4) is 5.88 Å². The maximum Gasteiger partial charge on any atom is 0.304 e. The molecule has 0 fully saturated rings. The molecule has 0 aliphatic heterocycles. The van der Waals surface area contributed by atoms with E-state index in [-0.39, 0.29) is 6.54 Å². The zero-order chi connectivity index (χ0) is 16.2. The molecular weight excluding hydrogens is 311 g/mol. The number of hydrogen-bond acceptors (Lipinski definition) is 6. The van der Waals surface area contributed by atoms with Gasteiger partial charge in [0.2, 0.25) is 5.88 Å². The fourth-order valence-electron chi connectivity index (χ4n) is 1.97. The predicted molar refractivity (Wildman–Crippen MR) is 79.9 cm³/mol. The molecule has 0 amide bonds. The second-order valence-corrected chi connectivity index (χ2v) is 6.23. The van der Waals surface area contributed by atoms with E-state index < -0.39 is 16.0 Å². The first-order chi connectivity index (χ1) is 10.4. The third-order valence-corrected chi connectivity index (χ3v) is 3.70. The van der Waals surface area contributed by atoms with Gasteiger partial charge in [-0.2, -0.15) is 13.5 Å². The average molecular weight is 328 g/mol. The van der Waals surface area contributed by atoms with Crippen LogP contribution in [0.4, 0.5) is 9.57 Å². The summed E-state index contributed by atoms with van der Waals surface area (Å²) in [5, 5.41) is 4.06. The maximum absolute atomic E-state index is 12.8. The van der Waals surface area contributed by atoms with Gasteiger partial charge < -0.3 is 9.64 Å². The second kappa shape index (κ2) is 6.73. The first-order valence-corrected chi connectivity index (χ1v) is 8.07. The van der Waals surface area contributed by atoms with Gasteiger partial charge >= 0.3 is 10.2 Å². The van der Waals surface area contributed by atoms with Crippen molar-refractivity contribution in [1.29, 1.82) is 0 Å². The molecule has 2 heterocycles. The second-order valence-electron chi connectivity index (χ2n) is 4.75. The van der Waals surface area contributed by atoms with Crippen molar-refractivity contribution in [3.63, 3.8) is 0 Å². The van der Waals surface area contributed by atoms with Crippen LogP contribution in [-0.4, -0.2) is 42.6 Å². The van der Waals surface area contributed by atoms with Crippen molar-refractivity contribution < 1.29 is 17.0 Å². The minimum Gasteiger partial charge on any atom is -0.481 e. The van der Waals surface area contributed by atoms with Crippen LogP contribution < -0.4 is 9.64 Å². The number of aromatic nitrogens is 3. The highest BCUT2D eigenvalue weighted by atomic mass is 32.3. The Kier molecular flexibility index (Phi) is 4.96. The molecule has 0 aliphatic carbocycles. The largest absolute Gasteiger partial charge is 0.481 e. The lowest BCUT2D eigenvalue weighted by molar-refractivity contribution is 0.398. The van der Waals surface area contributed by atoms with Gasteiger partial charge in [-0.1, -0.05) is 0 Å². The Bertz CT molecular complexity index is 715. The van der Waals surface area contributed by atoms with Gasteiger partial charge in [0.05, 0.1) is 30.9 Å². The van der Waals surface area contributed by atoms with E-state index in [1.165, 1.54) is 7.11 Å². The van der Waals surface area contributed by atoms with Gasteiger partial charge in [-0.15, -0.1) is 3.89 Å². The molecule has 0 unspecified atom stereocenters. The Morgan fingerprint density at radius 2 is 2.14 bits per heavy atom. The molecule has 0 radical (unpaired) electrons. The predicted octanol–water partition coefficient (Wildman–Crippen LogP) is 1.13. The maximum atomic E-state index is 12.8. The molecule has 0 N–H and O–H groups in total. The first-order valence-electron chi connectivity index (χ1n) is 6.52. The quantitative estimate of drug-likeness (QED) is 0.709. The van der Waals surface area contributed by atoms with E-state index in [2.05, 4.69) is 10.1 Å². The molecule has 0 spiro atoms. The normalized spacial score (nSPS) is 11.4. The van der Waals surface area contributed by atoms with Gasteiger partial charge in [0.1, 0.15) is 0 Å². The average Bonchev–Trinajstić information content (AvgIpc) is 2.88. The van der Waals surface area contributed by atoms with E-state index in [9.17, 15) is 12.3 Å². The summed E-state index contributed by atoms with van der Waals surface area (Å²) in [5.41, 5.74) is 1.56. The fraction of sp³-hybridized carbons (Fsp3) is 0.385. The van der Waals surface area contributed by atoms with Crippen molar-refractivity contribution in [2.75, 3.05) is 24.3 Å². The van der Waals surface area contributed by atoms with Crippen LogP contribution in [0.15, 0.2) is 30.7 Å². The number of ether oxygens (including phenoxy) is 1. The number of methoxy groups -OCH3 is 1.